The lowest BCUT2D eigenvalue weighted by Gasteiger charge is -2.29. The Kier molecular flexibility index (Phi) is 3.46. The van der Waals surface area contributed by atoms with Gasteiger partial charge in [-0.1, -0.05) is 0 Å². The second-order valence-electron chi connectivity index (χ2n) is 5.72. The average molecular weight is 264 g/mol. The summed E-state index contributed by atoms with van der Waals surface area (Å²) in [5, 5.41) is 9.42. The average Bonchev–Trinajstić information content (AvgIpc) is 2.64. The first-order valence-corrected chi connectivity index (χ1v) is 7.05. The highest BCUT2D eigenvalue weighted by atomic mass is 19.1. The molecule has 1 aromatic carbocycles. The molecular formula is C15H21FN2O. The molecule has 2 aliphatic rings. The van der Waals surface area contributed by atoms with Gasteiger partial charge in [-0.15, -0.1) is 0 Å². The monoisotopic (exact) mass is 264 g/mol. The maximum atomic E-state index is 13.3. The molecule has 3 rings (SSSR count). The van der Waals surface area contributed by atoms with Gasteiger partial charge in [0, 0.05) is 36.4 Å². The van der Waals surface area contributed by atoms with Crippen LogP contribution >= 0.6 is 0 Å². The van der Waals surface area contributed by atoms with Crippen molar-refractivity contribution >= 4 is 5.69 Å². The van der Waals surface area contributed by atoms with E-state index in [-0.39, 0.29) is 12.4 Å². The van der Waals surface area contributed by atoms with Gasteiger partial charge in [-0.25, -0.2) is 4.39 Å². The Hall–Kier alpha value is -1.13. The summed E-state index contributed by atoms with van der Waals surface area (Å²) in [5.74, 6) is -0.277. The predicted molar refractivity (Wildman–Crippen MR) is 73.7 cm³/mol. The minimum absolute atomic E-state index is 0.104. The highest BCUT2D eigenvalue weighted by Gasteiger charge is 2.34. The highest BCUT2D eigenvalue weighted by Crippen LogP contribution is 2.32. The third-order valence-electron chi connectivity index (χ3n) is 4.70. The molecule has 0 saturated carbocycles. The number of hydrogen-bond acceptors (Lipinski definition) is 3. The van der Waals surface area contributed by atoms with Gasteiger partial charge >= 0.3 is 0 Å². The zero-order valence-corrected chi connectivity index (χ0v) is 11.3. The molecule has 4 heteroatoms. The number of halogens is 1. The van der Waals surface area contributed by atoms with Crippen LogP contribution < -0.4 is 4.90 Å². The summed E-state index contributed by atoms with van der Waals surface area (Å²) in [7, 11) is 2.21. The van der Waals surface area contributed by atoms with E-state index in [2.05, 4.69) is 16.8 Å². The lowest BCUT2D eigenvalue weighted by Crippen LogP contribution is -2.37. The molecule has 104 valence electrons. The Morgan fingerprint density at radius 2 is 2.05 bits per heavy atom. The number of nitrogens with zero attached hydrogens (tertiary/aromatic N) is 2. The molecule has 2 unspecified atom stereocenters. The molecule has 2 heterocycles. The minimum atomic E-state index is -0.277. The Morgan fingerprint density at radius 3 is 2.84 bits per heavy atom. The number of aliphatic hydroxyl groups excluding tert-OH is 1. The van der Waals surface area contributed by atoms with Crippen molar-refractivity contribution in [3.8, 4) is 0 Å². The second-order valence-corrected chi connectivity index (χ2v) is 5.72. The van der Waals surface area contributed by atoms with Crippen molar-refractivity contribution in [2.75, 3.05) is 25.0 Å². The summed E-state index contributed by atoms with van der Waals surface area (Å²) in [6, 6.07) is 6.01. The quantitative estimate of drug-likeness (QED) is 0.885. The van der Waals surface area contributed by atoms with Crippen LogP contribution in [0.4, 0.5) is 10.1 Å². The first kappa shape index (κ1) is 12.9. The SMILES string of the molecule is CN1C2CCC1CN(c1ccc(F)cc1CO)CC2. The minimum Gasteiger partial charge on any atom is -0.392 e. The van der Waals surface area contributed by atoms with Crippen molar-refractivity contribution in [1.29, 1.82) is 0 Å². The molecule has 2 saturated heterocycles. The van der Waals surface area contributed by atoms with Crippen molar-refractivity contribution in [2.45, 2.75) is 38.0 Å². The first-order valence-electron chi connectivity index (χ1n) is 7.05. The van der Waals surface area contributed by atoms with Crippen LogP contribution in [0.1, 0.15) is 24.8 Å². The lowest BCUT2D eigenvalue weighted by molar-refractivity contribution is 0.254. The molecule has 2 bridgehead atoms. The zero-order chi connectivity index (χ0) is 13.4. The van der Waals surface area contributed by atoms with Crippen LogP contribution in [0.25, 0.3) is 0 Å². The van der Waals surface area contributed by atoms with Gasteiger partial charge in [0.1, 0.15) is 5.82 Å². The molecular weight excluding hydrogens is 243 g/mol. The van der Waals surface area contributed by atoms with Gasteiger partial charge in [-0.2, -0.15) is 0 Å². The molecule has 1 aromatic rings. The van der Waals surface area contributed by atoms with Crippen LogP contribution in [-0.2, 0) is 6.61 Å². The Morgan fingerprint density at radius 1 is 1.26 bits per heavy atom. The summed E-state index contributed by atoms with van der Waals surface area (Å²) < 4.78 is 13.3. The molecule has 3 nitrogen and oxygen atoms in total. The number of likely N-dealkylation sites (N-methyl/N-ethyl adjacent to an activating group) is 1. The Labute approximate surface area is 113 Å². The summed E-state index contributed by atoms with van der Waals surface area (Å²) >= 11 is 0. The smallest absolute Gasteiger partial charge is 0.123 e. The van der Waals surface area contributed by atoms with Crippen LogP contribution in [0.5, 0.6) is 0 Å². The van der Waals surface area contributed by atoms with Crippen LogP contribution in [-0.4, -0.2) is 42.2 Å². The fourth-order valence-electron chi connectivity index (χ4n) is 3.52. The van der Waals surface area contributed by atoms with Gasteiger partial charge in [0.15, 0.2) is 0 Å². The van der Waals surface area contributed by atoms with E-state index in [9.17, 15) is 9.50 Å². The molecule has 2 fully saturated rings. The normalized spacial score (nSPS) is 27.6. The fourth-order valence-corrected chi connectivity index (χ4v) is 3.52. The molecule has 0 spiro atoms. The number of benzene rings is 1. The van der Waals surface area contributed by atoms with Crippen molar-refractivity contribution < 1.29 is 9.50 Å². The number of anilines is 1. The number of hydrogen-bond donors (Lipinski definition) is 1. The molecule has 19 heavy (non-hydrogen) atoms. The topological polar surface area (TPSA) is 26.7 Å². The first-order chi connectivity index (χ1) is 9.19. The van der Waals surface area contributed by atoms with E-state index in [1.54, 1.807) is 6.07 Å². The van der Waals surface area contributed by atoms with Crippen molar-refractivity contribution in [1.82, 2.24) is 4.90 Å². The van der Waals surface area contributed by atoms with Crippen molar-refractivity contribution in [2.24, 2.45) is 0 Å². The zero-order valence-electron chi connectivity index (χ0n) is 11.3. The third kappa shape index (κ3) is 2.35. The van der Waals surface area contributed by atoms with Gasteiger partial charge in [0.2, 0.25) is 0 Å². The predicted octanol–water partition coefficient (Wildman–Crippen LogP) is 1.99. The third-order valence-corrected chi connectivity index (χ3v) is 4.70. The standard InChI is InChI=1S/C15H21FN2O/c1-17-13-3-4-14(17)9-18(7-6-13)15-5-2-12(16)8-11(15)10-19/h2,5,8,13-14,19H,3-4,6-7,9-10H2,1H3. The summed E-state index contributed by atoms with van der Waals surface area (Å²) in [6.45, 7) is 1.86. The molecule has 0 amide bonds. The van der Waals surface area contributed by atoms with Crippen LogP contribution in [0.3, 0.4) is 0 Å². The Bertz CT molecular complexity index is 465. The lowest BCUT2D eigenvalue weighted by atomic mass is 10.1. The van der Waals surface area contributed by atoms with Crippen molar-refractivity contribution in [3.05, 3.63) is 29.6 Å². The largest absolute Gasteiger partial charge is 0.392 e. The summed E-state index contributed by atoms with van der Waals surface area (Å²) in [6.07, 6.45) is 3.69. The number of fused-ring (bicyclic) bond motifs is 2. The van der Waals surface area contributed by atoms with E-state index in [0.29, 0.717) is 17.6 Å². The molecule has 0 radical (unpaired) electrons. The Balaban J connectivity index is 1.86. The maximum Gasteiger partial charge on any atom is 0.123 e. The van der Waals surface area contributed by atoms with Gasteiger partial charge < -0.3 is 10.0 Å². The van der Waals surface area contributed by atoms with Crippen LogP contribution in [0.15, 0.2) is 18.2 Å². The van der Waals surface area contributed by atoms with E-state index in [1.807, 2.05) is 0 Å². The second kappa shape index (κ2) is 5.10. The van der Waals surface area contributed by atoms with E-state index >= 15 is 0 Å². The van der Waals surface area contributed by atoms with E-state index in [0.717, 1.165) is 25.2 Å². The molecule has 2 atom stereocenters. The maximum absolute atomic E-state index is 13.3. The van der Waals surface area contributed by atoms with Crippen LogP contribution in [0, 0.1) is 5.82 Å². The van der Waals surface area contributed by atoms with Crippen molar-refractivity contribution in [3.63, 3.8) is 0 Å². The highest BCUT2D eigenvalue weighted by molar-refractivity contribution is 5.54. The van der Waals surface area contributed by atoms with E-state index in [4.69, 9.17) is 0 Å². The molecule has 0 aromatic heterocycles. The number of aliphatic hydroxyl groups is 1. The summed E-state index contributed by atoms with van der Waals surface area (Å²) in [5.41, 5.74) is 1.69. The van der Waals surface area contributed by atoms with E-state index < -0.39 is 0 Å². The number of rotatable bonds is 2. The van der Waals surface area contributed by atoms with Gasteiger partial charge in [-0.05, 0) is 44.5 Å². The molecule has 2 aliphatic heterocycles. The summed E-state index contributed by atoms with van der Waals surface area (Å²) in [4.78, 5) is 4.80. The van der Waals surface area contributed by atoms with Gasteiger partial charge in [0.25, 0.3) is 0 Å². The van der Waals surface area contributed by atoms with Gasteiger partial charge in [-0.3, -0.25) is 4.90 Å². The van der Waals surface area contributed by atoms with Gasteiger partial charge in [0.05, 0.1) is 6.61 Å². The fraction of sp³-hybridized carbons (Fsp3) is 0.600. The van der Waals surface area contributed by atoms with E-state index in [1.165, 1.54) is 25.0 Å². The molecule has 0 aliphatic carbocycles. The van der Waals surface area contributed by atoms with Crippen LogP contribution in [0.2, 0.25) is 0 Å². The molecule has 1 N–H and O–H groups in total.